The van der Waals surface area contributed by atoms with Crippen LogP contribution in [-0.2, 0) is 6.54 Å². The number of carbonyl (C=O) groups excluding carboxylic acids is 1. The van der Waals surface area contributed by atoms with Crippen LogP contribution < -0.4 is 5.56 Å². The summed E-state index contributed by atoms with van der Waals surface area (Å²) >= 11 is 4.57. The van der Waals surface area contributed by atoms with E-state index in [-0.39, 0.29) is 11.3 Å². The minimum Gasteiger partial charge on any atom is -0.293 e. The van der Waals surface area contributed by atoms with Crippen LogP contribution in [0.15, 0.2) is 16.0 Å². The van der Waals surface area contributed by atoms with Gasteiger partial charge < -0.3 is 0 Å². The Labute approximate surface area is 171 Å². The van der Waals surface area contributed by atoms with E-state index in [4.69, 9.17) is 4.98 Å². The molecule has 144 valence electrons. The van der Waals surface area contributed by atoms with Crippen molar-refractivity contribution in [2.24, 2.45) is 0 Å². The SMILES string of the molecule is CCCCn1c(SCC(=O)c2cc(C)sc2C)nc2sc(C)c(C)c2c1=O. The van der Waals surface area contributed by atoms with Gasteiger partial charge in [0.15, 0.2) is 10.9 Å². The molecule has 3 rings (SSSR count). The first-order chi connectivity index (χ1) is 12.8. The first kappa shape index (κ1) is 20.3. The van der Waals surface area contributed by atoms with E-state index < -0.39 is 0 Å². The van der Waals surface area contributed by atoms with Crippen LogP contribution in [0.5, 0.6) is 0 Å². The van der Waals surface area contributed by atoms with E-state index in [0.717, 1.165) is 48.8 Å². The largest absolute Gasteiger partial charge is 0.293 e. The number of rotatable bonds is 7. The molecule has 0 unspecified atom stereocenters. The Hall–Kier alpha value is -1.44. The summed E-state index contributed by atoms with van der Waals surface area (Å²) in [6.45, 7) is 10.7. The van der Waals surface area contributed by atoms with Crippen molar-refractivity contribution in [2.45, 2.75) is 59.2 Å². The predicted octanol–water partition coefficient (Wildman–Crippen LogP) is 5.53. The number of unbranched alkanes of at least 4 members (excludes halogenated alkanes) is 1. The van der Waals surface area contributed by atoms with Crippen LogP contribution in [-0.4, -0.2) is 21.1 Å². The molecule has 3 aromatic rings. The second kappa shape index (κ2) is 8.29. The lowest BCUT2D eigenvalue weighted by Gasteiger charge is -2.11. The number of Topliss-reactive ketones (excluding diaryl/α,β-unsaturated/α-hetero) is 1. The summed E-state index contributed by atoms with van der Waals surface area (Å²) in [5, 5.41) is 1.38. The third kappa shape index (κ3) is 4.05. The van der Waals surface area contributed by atoms with E-state index in [2.05, 4.69) is 6.92 Å². The van der Waals surface area contributed by atoms with Gasteiger partial charge in [0.1, 0.15) is 4.83 Å². The molecule has 0 aromatic carbocycles. The predicted molar refractivity (Wildman–Crippen MR) is 117 cm³/mol. The van der Waals surface area contributed by atoms with Crippen molar-refractivity contribution >= 4 is 50.4 Å². The van der Waals surface area contributed by atoms with Crippen LogP contribution in [0, 0.1) is 27.7 Å². The monoisotopic (exact) mass is 420 g/mol. The maximum absolute atomic E-state index is 13.1. The number of carbonyl (C=O) groups is 1. The smallest absolute Gasteiger partial charge is 0.263 e. The molecule has 3 heterocycles. The quantitative estimate of drug-likeness (QED) is 0.286. The van der Waals surface area contributed by atoms with Crippen molar-refractivity contribution in [1.82, 2.24) is 9.55 Å². The molecule has 0 aliphatic carbocycles. The van der Waals surface area contributed by atoms with Gasteiger partial charge in [-0.3, -0.25) is 14.2 Å². The Morgan fingerprint density at radius 1 is 1.19 bits per heavy atom. The molecule has 0 aliphatic rings. The van der Waals surface area contributed by atoms with E-state index >= 15 is 0 Å². The molecule has 0 bridgehead atoms. The zero-order valence-corrected chi connectivity index (χ0v) is 18.8. The molecule has 7 heteroatoms. The van der Waals surface area contributed by atoms with Crippen LogP contribution in [0.1, 0.15) is 50.3 Å². The first-order valence-corrected chi connectivity index (χ1v) is 11.7. The van der Waals surface area contributed by atoms with Crippen LogP contribution in [0.25, 0.3) is 10.2 Å². The van der Waals surface area contributed by atoms with E-state index in [1.807, 2.05) is 33.8 Å². The molecule has 0 fully saturated rings. The number of nitrogens with zero attached hydrogens (tertiary/aromatic N) is 2. The molecule has 27 heavy (non-hydrogen) atoms. The highest BCUT2D eigenvalue weighted by atomic mass is 32.2. The fraction of sp³-hybridized carbons (Fsp3) is 0.450. The van der Waals surface area contributed by atoms with Crippen LogP contribution in [0.3, 0.4) is 0 Å². The molecule has 0 saturated heterocycles. The molecule has 0 spiro atoms. The Morgan fingerprint density at radius 3 is 2.56 bits per heavy atom. The second-order valence-corrected chi connectivity index (χ2v) is 10.3. The van der Waals surface area contributed by atoms with Gasteiger partial charge in [-0.05, 0) is 45.7 Å². The third-order valence-electron chi connectivity index (χ3n) is 4.66. The number of thiophene rings is 2. The van der Waals surface area contributed by atoms with Crippen LogP contribution in [0.4, 0.5) is 0 Å². The summed E-state index contributed by atoms with van der Waals surface area (Å²) in [4.78, 5) is 34.6. The number of fused-ring (bicyclic) bond motifs is 1. The maximum atomic E-state index is 13.1. The Bertz CT molecular complexity index is 1060. The van der Waals surface area contributed by atoms with Crippen molar-refractivity contribution in [1.29, 1.82) is 0 Å². The van der Waals surface area contributed by atoms with Crippen molar-refractivity contribution in [3.63, 3.8) is 0 Å². The lowest BCUT2D eigenvalue weighted by atomic mass is 10.2. The molecule has 0 amide bonds. The molecule has 0 atom stereocenters. The van der Waals surface area contributed by atoms with Gasteiger partial charge in [0.05, 0.1) is 11.1 Å². The lowest BCUT2D eigenvalue weighted by molar-refractivity contribution is 0.102. The third-order valence-corrected chi connectivity index (χ3v) is 7.71. The van der Waals surface area contributed by atoms with E-state index in [0.29, 0.717) is 17.5 Å². The summed E-state index contributed by atoms with van der Waals surface area (Å²) in [5.41, 5.74) is 1.83. The van der Waals surface area contributed by atoms with E-state index in [1.165, 1.54) is 11.8 Å². The molecule has 0 aliphatic heterocycles. The van der Waals surface area contributed by atoms with Crippen molar-refractivity contribution in [3.8, 4) is 0 Å². The van der Waals surface area contributed by atoms with Gasteiger partial charge >= 0.3 is 0 Å². The maximum Gasteiger partial charge on any atom is 0.263 e. The average molecular weight is 421 g/mol. The summed E-state index contributed by atoms with van der Waals surface area (Å²) in [6, 6.07) is 1.95. The number of ketones is 1. The molecular weight excluding hydrogens is 396 g/mol. The number of aromatic nitrogens is 2. The molecule has 4 nitrogen and oxygen atoms in total. The van der Waals surface area contributed by atoms with E-state index in [1.54, 1.807) is 27.2 Å². The molecule has 0 saturated carbocycles. The van der Waals surface area contributed by atoms with Gasteiger partial charge in [0, 0.05) is 26.7 Å². The molecule has 3 aromatic heterocycles. The summed E-state index contributed by atoms with van der Waals surface area (Å²) < 4.78 is 1.76. The van der Waals surface area contributed by atoms with Crippen molar-refractivity contribution < 1.29 is 4.79 Å². The Morgan fingerprint density at radius 2 is 1.93 bits per heavy atom. The average Bonchev–Trinajstić information content (AvgIpc) is 3.10. The highest BCUT2D eigenvalue weighted by molar-refractivity contribution is 7.99. The van der Waals surface area contributed by atoms with E-state index in [9.17, 15) is 9.59 Å². The minimum absolute atomic E-state index is 0.0211. The van der Waals surface area contributed by atoms with Gasteiger partial charge in [-0.15, -0.1) is 22.7 Å². The summed E-state index contributed by atoms with van der Waals surface area (Å²) in [5.74, 6) is 0.390. The van der Waals surface area contributed by atoms with Gasteiger partial charge in [-0.1, -0.05) is 25.1 Å². The lowest BCUT2D eigenvalue weighted by Crippen LogP contribution is -2.23. The minimum atomic E-state index is 0.0211. The Kier molecular flexibility index (Phi) is 6.23. The fourth-order valence-corrected chi connectivity index (χ4v) is 5.97. The Balaban J connectivity index is 1.95. The number of hydrogen-bond donors (Lipinski definition) is 0. The topological polar surface area (TPSA) is 52.0 Å². The standard InChI is InChI=1S/C20H24N2O2S3/c1-6-7-8-22-19(24)17-12(3)13(4)27-18(17)21-20(22)25-10-16(23)15-9-11(2)26-14(15)5/h9H,6-8,10H2,1-5H3. The zero-order valence-electron chi connectivity index (χ0n) is 16.3. The first-order valence-electron chi connectivity index (χ1n) is 9.07. The summed E-state index contributed by atoms with van der Waals surface area (Å²) in [7, 11) is 0. The van der Waals surface area contributed by atoms with Gasteiger partial charge in [-0.2, -0.15) is 0 Å². The van der Waals surface area contributed by atoms with Crippen molar-refractivity contribution in [2.75, 3.05) is 5.75 Å². The molecular formula is C20H24N2O2S3. The number of hydrogen-bond acceptors (Lipinski definition) is 6. The van der Waals surface area contributed by atoms with Gasteiger partial charge in [-0.25, -0.2) is 4.98 Å². The molecule has 0 N–H and O–H groups in total. The number of aryl methyl sites for hydroxylation is 4. The highest BCUT2D eigenvalue weighted by Crippen LogP contribution is 2.29. The summed E-state index contributed by atoms with van der Waals surface area (Å²) in [6.07, 6.45) is 1.92. The van der Waals surface area contributed by atoms with Gasteiger partial charge in [0.25, 0.3) is 5.56 Å². The van der Waals surface area contributed by atoms with Crippen LogP contribution >= 0.6 is 34.4 Å². The van der Waals surface area contributed by atoms with Gasteiger partial charge in [0.2, 0.25) is 0 Å². The highest BCUT2D eigenvalue weighted by Gasteiger charge is 2.19. The fourth-order valence-electron chi connectivity index (χ4n) is 3.05. The normalized spacial score (nSPS) is 11.4. The second-order valence-electron chi connectivity index (χ2n) is 6.71. The number of thioether (sulfide) groups is 1. The van der Waals surface area contributed by atoms with Crippen LogP contribution in [0.2, 0.25) is 0 Å². The van der Waals surface area contributed by atoms with Crippen molar-refractivity contribution in [3.05, 3.63) is 42.2 Å². The zero-order chi connectivity index (χ0) is 19.7. The molecule has 0 radical (unpaired) electrons.